The number of hydrogen-bond acceptors (Lipinski definition) is 4. The number of sulfone groups is 1. The van der Waals surface area contributed by atoms with Crippen molar-refractivity contribution in [3.63, 3.8) is 0 Å². The highest BCUT2D eigenvalue weighted by molar-refractivity contribution is 7.90. The molecule has 1 aliphatic rings. The summed E-state index contributed by atoms with van der Waals surface area (Å²) < 4.78 is 33.3. The van der Waals surface area contributed by atoms with E-state index >= 15 is 0 Å². The summed E-state index contributed by atoms with van der Waals surface area (Å²) in [5.74, 6) is 0.101. The molecular weight excluding hydrogens is 215 g/mol. The van der Waals surface area contributed by atoms with Crippen molar-refractivity contribution >= 4 is 17.0 Å². The molecule has 1 fully saturated rings. The van der Waals surface area contributed by atoms with Gasteiger partial charge in [0.15, 0.2) is 0 Å². The Hall–Kier alpha value is -0.0651. The molecule has 1 heterocycles. The van der Waals surface area contributed by atoms with Crippen molar-refractivity contribution in [2.24, 2.45) is 0 Å². The molecule has 4 nitrogen and oxygen atoms in total. The van der Waals surface area contributed by atoms with E-state index in [0.717, 1.165) is 0 Å². The van der Waals surface area contributed by atoms with Crippen molar-refractivity contribution in [2.45, 2.75) is 45.2 Å². The molecule has 0 spiro atoms. The topological polar surface area (TPSA) is 52.6 Å². The van der Waals surface area contributed by atoms with Crippen molar-refractivity contribution in [1.29, 1.82) is 0 Å². The zero-order valence-electron chi connectivity index (χ0n) is 10.0. The first-order valence-electron chi connectivity index (χ1n) is 5.07. The minimum Gasteiger partial charge on any atom is -0.403 e. The second kappa shape index (κ2) is 3.75. The van der Waals surface area contributed by atoms with Crippen LogP contribution >= 0.6 is 0 Å². The van der Waals surface area contributed by atoms with Crippen molar-refractivity contribution in [2.75, 3.05) is 12.0 Å². The smallest absolute Gasteiger partial charge is 0.403 e. The molecule has 1 saturated heterocycles. The van der Waals surface area contributed by atoms with Gasteiger partial charge in [0.05, 0.1) is 11.2 Å². The average molecular weight is 234 g/mol. The zero-order valence-corrected chi connectivity index (χ0v) is 10.8. The van der Waals surface area contributed by atoms with Crippen LogP contribution in [-0.4, -0.2) is 38.7 Å². The lowest BCUT2D eigenvalue weighted by molar-refractivity contribution is 0.00578. The van der Waals surface area contributed by atoms with Gasteiger partial charge in [-0.2, -0.15) is 0 Å². The Bertz CT molecular complexity index is 318. The normalized spacial score (nSPS) is 24.5. The molecule has 0 aliphatic carbocycles. The van der Waals surface area contributed by atoms with Crippen LogP contribution in [0.15, 0.2) is 0 Å². The second-order valence-electron chi connectivity index (χ2n) is 5.10. The quantitative estimate of drug-likeness (QED) is 0.686. The number of rotatable bonds is 3. The molecule has 0 aromatic heterocycles. The van der Waals surface area contributed by atoms with E-state index in [1.54, 1.807) is 0 Å². The van der Waals surface area contributed by atoms with Gasteiger partial charge in [-0.05, 0) is 34.0 Å². The van der Waals surface area contributed by atoms with Gasteiger partial charge >= 0.3 is 7.12 Å². The lowest BCUT2D eigenvalue weighted by Gasteiger charge is -2.32. The van der Waals surface area contributed by atoms with E-state index in [2.05, 4.69) is 0 Å². The highest BCUT2D eigenvalue weighted by atomic mass is 32.2. The maximum absolute atomic E-state index is 11.0. The predicted molar refractivity (Wildman–Crippen MR) is 60.6 cm³/mol. The molecule has 15 heavy (non-hydrogen) atoms. The molecule has 0 bridgehead atoms. The summed E-state index contributed by atoms with van der Waals surface area (Å²) >= 11 is 0. The van der Waals surface area contributed by atoms with Crippen LogP contribution in [0, 0.1) is 0 Å². The van der Waals surface area contributed by atoms with Crippen LogP contribution in [0.2, 0.25) is 6.32 Å². The molecule has 0 amide bonds. The van der Waals surface area contributed by atoms with Crippen molar-refractivity contribution in [3.05, 3.63) is 0 Å². The van der Waals surface area contributed by atoms with Gasteiger partial charge in [0.2, 0.25) is 0 Å². The van der Waals surface area contributed by atoms with Gasteiger partial charge in [0.25, 0.3) is 0 Å². The fourth-order valence-corrected chi connectivity index (χ4v) is 2.01. The first kappa shape index (κ1) is 13.0. The largest absolute Gasteiger partial charge is 0.458 e. The summed E-state index contributed by atoms with van der Waals surface area (Å²) in [5, 5.41) is 0. The molecule has 1 aliphatic heterocycles. The fraction of sp³-hybridized carbons (Fsp3) is 1.00. The molecule has 6 heteroatoms. The van der Waals surface area contributed by atoms with Crippen LogP contribution in [0.3, 0.4) is 0 Å². The molecular formula is C9H19BO4S. The third-order valence-corrected chi connectivity index (χ3v) is 4.00. The van der Waals surface area contributed by atoms with E-state index in [1.165, 1.54) is 6.26 Å². The first-order valence-corrected chi connectivity index (χ1v) is 7.13. The Morgan fingerprint density at radius 1 is 1.07 bits per heavy atom. The molecule has 1 rings (SSSR count). The van der Waals surface area contributed by atoms with Crippen LogP contribution in [0.4, 0.5) is 0 Å². The Morgan fingerprint density at radius 3 is 1.80 bits per heavy atom. The van der Waals surface area contributed by atoms with Crippen LogP contribution in [0.5, 0.6) is 0 Å². The molecule has 0 radical (unpaired) electrons. The maximum Gasteiger partial charge on any atom is 0.458 e. The molecule has 0 N–H and O–H groups in total. The highest BCUT2D eigenvalue weighted by Crippen LogP contribution is 2.37. The Labute approximate surface area is 92.4 Å². The van der Waals surface area contributed by atoms with Crippen LogP contribution in [-0.2, 0) is 19.1 Å². The number of hydrogen-bond donors (Lipinski definition) is 0. The monoisotopic (exact) mass is 234 g/mol. The summed E-state index contributed by atoms with van der Waals surface area (Å²) in [6.07, 6.45) is 1.62. The first-order chi connectivity index (χ1) is 6.54. The molecule has 0 unspecified atom stereocenters. The van der Waals surface area contributed by atoms with Crippen molar-refractivity contribution in [1.82, 2.24) is 0 Å². The van der Waals surface area contributed by atoms with Gasteiger partial charge in [-0.1, -0.05) is 0 Å². The molecule has 0 aromatic rings. The van der Waals surface area contributed by atoms with E-state index in [4.69, 9.17) is 9.31 Å². The summed E-state index contributed by atoms with van der Waals surface area (Å²) in [5.41, 5.74) is -0.760. The minimum atomic E-state index is -2.95. The van der Waals surface area contributed by atoms with Gasteiger partial charge in [-0.3, -0.25) is 0 Å². The Morgan fingerprint density at radius 2 is 1.47 bits per heavy atom. The third-order valence-electron chi connectivity index (χ3n) is 3.03. The van der Waals surface area contributed by atoms with Gasteiger partial charge in [-0.25, -0.2) is 8.42 Å². The summed E-state index contributed by atoms with van der Waals surface area (Å²) in [4.78, 5) is 0. The van der Waals surface area contributed by atoms with Crippen LogP contribution in [0.25, 0.3) is 0 Å². The van der Waals surface area contributed by atoms with E-state index in [-0.39, 0.29) is 17.0 Å². The van der Waals surface area contributed by atoms with Gasteiger partial charge in [0.1, 0.15) is 9.84 Å². The third kappa shape index (κ3) is 3.19. The highest BCUT2D eigenvalue weighted by Gasteiger charge is 2.50. The maximum atomic E-state index is 11.0. The predicted octanol–water partition coefficient (Wildman–Crippen LogP) is 1.12. The Balaban J connectivity index is 2.57. The van der Waals surface area contributed by atoms with E-state index < -0.39 is 17.0 Å². The summed E-state index contributed by atoms with van der Waals surface area (Å²) in [6.45, 7) is 7.81. The van der Waals surface area contributed by atoms with E-state index in [9.17, 15) is 8.42 Å². The Kier molecular flexibility index (Phi) is 3.25. The van der Waals surface area contributed by atoms with Crippen LogP contribution in [0.1, 0.15) is 27.7 Å². The van der Waals surface area contributed by atoms with E-state index in [0.29, 0.717) is 6.32 Å². The molecule has 88 valence electrons. The van der Waals surface area contributed by atoms with Gasteiger partial charge in [0, 0.05) is 12.0 Å². The average Bonchev–Trinajstić information content (AvgIpc) is 2.16. The SMILES string of the molecule is CC1(C)OB(CCS(C)(=O)=O)OC1(C)C. The summed E-state index contributed by atoms with van der Waals surface area (Å²) in [6, 6.07) is 0. The van der Waals surface area contributed by atoms with E-state index in [1.807, 2.05) is 27.7 Å². The lowest BCUT2D eigenvalue weighted by atomic mass is 9.86. The van der Waals surface area contributed by atoms with Gasteiger partial charge < -0.3 is 9.31 Å². The summed E-state index contributed by atoms with van der Waals surface area (Å²) in [7, 11) is -3.36. The lowest BCUT2D eigenvalue weighted by Crippen LogP contribution is -2.41. The molecule has 0 aromatic carbocycles. The fourth-order valence-electron chi connectivity index (χ4n) is 1.39. The zero-order chi connectivity index (χ0) is 11.9. The standard InChI is InChI=1S/C9H19BO4S/c1-8(2)9(3,4)14-10(13-8)6-7-15(5,11)12/h6-7H2,1-5H3. The van der Waals surface area contributed by atoms with Crippen LogP contribution < -0.4 is 0 Å². The molecule has 0 atom stereocenters. The second-order valence-corrected chi connectivity index (χ2v) is 7.36. The van der Waals surface area contributed by atoms with Gasteiger partial charge in [-0.15, -0.1) is 0 Å². The van der Waals surface area contributed by atoms with Crippen molar-refractivity contribution in [3.8, 4) is 0 Å². The molecule has 0 saturated carbocycles. The van der Waals surface area contributed by atoms with Crippen molar-refractivity contribution < 1.29 is 17.7 Å². The minimum absolute atomic E-state index is 0.101.